The smallest absolute Gasteiger partial charge is 0.147 e. The van der Waals surface area contributed by atoms with Gasteiger partial charge in [0.1, 0.15) is 11.2 Å². The molecule has 0 unspecified atom stereocenters. The molecule has 0 fully saturated rings. The Bertz CT molecular complexity index is 544. The molecule has 0 aromatic carbocycles. The maximum Gasteiger partial charge on any atom is 0.147 e. The van der Waals surface area contributed by atoms with Crippen molar-refractivity contribution in [2.75, 3.05) is 0 Å². The molecule has 0 bridgehead atoms. The second-order valence-corrected chi connectivity index (χ2v) is 6.47. The molecular weight excluding hydrogens is 260 g/mol. The van der Waals surface area contributed by atoms with Crippen molar-refractivity contribution in [2.45, 2.75) is 52.7 Å². The minimum Gasteiger partial charge on any atom is -0.370 e. The molecule has 1 aromatic heterocycles. The van der Waals surface area contributed by atoms with Crippen molar-refractivity contribution in [1.82, 2.24) is 4.98 Å². The first kappa shape index (κ1) is 14.3. The Morgan fingerprint density at radius 3 is 2.68 bits per heavy atom. The summed E-state index contributed by atoms with van der Waals surface area (Å²) in [6.45, 7) is 8.88. The highest BCUT2D eigenvalue weighted by Crippen LogP contribution is 2.34. The molecule has 0 atom stereocenters. The van der Waals surface area contributed by atoms with E-state index in [9.17, 15) is 5.26 Å². The van der Waals surface area contributed by atoms with Crippen molar-refractivity contribution in [3.8, 4) is 6.07 Å². The highest BCUT2D eigenvalue weighted by atomic mass is 35.5. The number of hydrogen-bond donors (Lipinski definition) is 0. The molecule has 0 radical (unpaired) electrons. The Labute approximate surface area is 119 Å². The fraction of sp³-hybridized carbons (Fsp3) is 0.600. The summed E-state index contributed by atoms with van der Waals surface area (Å²) in [6, 6.07) is 2.19. The lowest BCUT2D eigenvalue weighted by Gasteiger charge is -2.33. The molecule has 0 amide bonds. The van der Waals surface area contributed by atoms with E-state index in [1.165, 1.54) is 0 Å². The number of pyridine rings is 1. The molecule has 0 N–H and O–H groups in total. The van der Waals surface area contributed by atoms with E-state index in [1.54, 1.807) is 0 Å². The third kappa shape index (κ3) is 2.91. The van der Waals surface area contributed by atoms with Crippen molar-refractivity contribution in [3.05, 3.63) is 27.5 Å². The van der Waals surface area contributed by atoms with Gasteiger partial charge < -0.3 is 4.74 Å². The molecule has 2 heterocycles. The van der Waals surface area contributed by atoms with Crippen LogP contribution >= 0.6 is 11.6 Å². The van der Waals surface area contributed by atoms with Crippen LogP contribution < -0.4 is 0 Å². The molecule has 1 aromatic rings. The van der Waals surface area contributed by atoms with Crippen LogP contribution in [-0.4, -0.2) is 10.6 Å². The number of rotatable bonds is 2. The van der Waals surface area contributed by atoms with E-state index in [4.69, 9.17) is 16.3 Å². The number of fused-ring (bicyclic) bond motifs is 1. The quantitative estimate of drug-likeness (QED) is 0.776. The van der Waals surface area contributed by atoms with E-state index in [-0.39, 0.29) is 5.60 Å². The van der Waals surface area contributed by atoms with Gasteiger partial charge in [-0.2, -0.15) is 5.26 Å². The van der Waals surface area contributed by atoms with Gasteiger partial charge in [-0.15, -0.1) is 0 Å². The van der Waals surface area contributed by atoms with Crippen molar-refractivity contribution >= 4 is 11.6 Å². The van der Waals surface area contributed by atoms with Gasteiger partial charge in [0.15, 0.2) is 0 Å². The van der Waals surface area contributed by atoms with Gasteiger partial charge in [0, 0.05) is 17.7 Å². The highest BCUT2D eigenvalue weighted by molar-refractivity contribution is 6.30. The number of nitriles is 1. The Balaban J connectivity index is 2.58. The lowest BCUT2D eigenvalue weighted by molar-refractivity contribution is -0.0407. The van der Waals surface area contributed by atoms with E-state index in [0.717, 1.165) is 23.2 Å². The summed E-state index contributed by atoms with van der Waals surface area (Å²) in [4.78, 5) is 4.41. The minimum absolute atomic E-state index is 0.252. The first-order chi connectivity index (χ1) is 8.84. The predicted octanol–water partition coefficient (Wildman–Crippen LogP) is 3.66. The van der Waals surface area contributed by atoms with Crippen molar-refractivity contribution in [3.63, 3.8) is 0 Å². The molecule has 1 aliphatic heterocycles. The Morgan fingerprint density at radius 1 is 1.42 bits per heavy atom. The van der Waals surface area contributed by atoms with Crippen LogP contribution in [0.4, 0.5) is 0 Å². The topological polar surface area (TPSA) is 45.9 Å². The van der Waals surface area contributed by atoms with Gasteiger partial charge in [0.25, 0.3) is 0 Å². The van der Waals surface area contributed by atoms with Gasteiger partial charge in [-0.05, 0) is 31.7 Å². The minimum atomic E-state index is -0.252. The molecule has 2 rings (SSSR count). The molecule has 0 saturated heterocycles. The third-order valence-electron chi connectivity index (χ3n) is 3.38. The van der Waals surface area contributed by atoms with E-state index in [0.29, 0.717) is 29.7 Å². The molecule has 0 aliphatic carbocycles. The highest BCUT2D eigenvalue weighted by Gasteiger charge is 2.31. The molecule has 102 valence electrons. The maximum atomic E-state index is 9.30. The van der Waals surface area contributed by atoms with Crippen molar-refractivity contribution < 1.29 is 4.74 Å². The van der Waals surface area contributed by atoms with Crippen LogP contribution in [0.2, 0.25) is 5.15 Å². The summed E-state index contributed by atoms with van der Waals surface area (Å²) in [6.07, 6.45) is 1.57. The van der Waals surface area contributed by atoms with Gasteiger partial charge >= 0.3 is 0 Å². The maximum absolute atomic E-state index is 9.30. The number of nitrogens with zero attached hydrogens (tertiary/aromatic N) is 2. The van der Waals surface area contributed by atoms with Crippen LogP contribution in [0.1, 0.15) is 50.1 Å². The van der Waals surface area contributed by atoms with Crippen LogP contribution in [0.3, 0.4) is 0 Å². The average molecular weight is 279 g/mol. The van der Waals surface area contributed by atoms with E-state index >= 15 is 0 Å². The number of hydrogen-bond acceptors (Lipinski definition) is 3. The van der Waals surface area contributed by atoms with Crippen molar-refractivity contribution in [1.29, 1.82) is 5.26 Å². The fourth-order valence-corrected chi connectivity index (χ4v) is 2.73. The van der Waals surface area contributed by atoms with Crippen LogP contribution in [0.25, 0.3) is 0 Å². The Hall–Kier alpha value is -1.11. The van der Waals surface area contributed by atoms with E-state index in [1.807, 2.05) is 13.8 Å². The molecular formula is C15H19ClN2O. The van der Waals surface area contributed by atoms with E-state index < -0.39 is 0 Å². The summed E-state index contributed by atoms with van der Waals surface area (Å²) in [5, 5.41) is 9.63. The fourth-order valence-electron chi connectivity index (χ4n) is 2.47. The third-order valence-corrected chi connectivity index (χ3v) is 3.65. The van der Waals surface area contributed by atoms with Gasteiger partial charge in [-0.25, -0.2) is 4.98 Å². The van der Waals surface area contributed by atoms with Crippen LogP contribution in [0.15, 0.2) is 0 Å². The standard InChI is InChI=1S/C15H19ClN2O/c1-9(2)5-13-12-8-19-15(3,4)6-10(12)11(7-17)14(16)18-13/h9H,5-6,8H2,1-4H3. The van der Waals surface area contributed by atoms with Gasteiger partial charge in [0.05, 0.1) is 17.8 Å². The predicted molar refractivity (Wildman–Crippen MR) is 75.1 cm³/mol. The average Bonchev–Trinajstić information content (AvgIpc) is 2.26. The molecule has 19 heavy (non-hydrogen) atoms. The summed E-state index contributed by atoms with van der Waals surface area (Å²) in [7, 11) is 0. The van der Waals surface area contributed by atoms with Crippen molar-refractivity contribution in [2.24, 2.45) is 5.92 Å². The zero-order valence-corrected chi connectivity index (χ0v) is 12.6. The normalized spacial score (nSPS) is 17.1. The van der Waals surface area contributed by atoms with Gasteiger partial charge in [0.2, 0.25) is 0 Å². The summed E-state index contributed by atoms with van der Waals surface area (Å²) < 4.78 is 5.86. The first-order valence-corrected chi connectivity index (χ1v) is 6.96. The van der Waals surface area contributed by atoms with Crippen LogP contribution in [0.5, 0.6) is 0 Å². The molecule has 1 aliphatic rings. The lowest BCUT2D eigenvalue weighted by atomic mass is 9.87. The molecule has 3 nitrogen and oxygen atoms in total. The monoisotopic (exact) mass is 278 g/mol. The number of ether oxygens (including phenoxy) is 1. The van der Waals surface area contributed by atoms with Crippen LogP contribution in [-0.2, 0) is 24.2 Å². The number of halogens is 1. The molecule has 0 spiro atoms. The molecule has 4 heteroatoms. The number of aromatic nitrogens is 1. The zero-order chi connectivity index (χ0) is 14.2. The van der Waals surface area contributed by atoms with E-state index in [2.05, 4.69) is 24.9 Å². The summed E-state index contributed by atoms with van der Waals surface area (Å²) >= 11 is 6.17. The second-order valence-electron chi connectivity index (χ2n) is 6.12. The Morgan fingerprint density at radius 2 is 2.11 bits per heavy atom. The molecule has 0 saturated carbocycles. The van der Waals surface area contributed by atoms with Gasteiger partial charge in [-0.3, -0.25) is 0 Å². The van der Waals surface area contributed by atoms with Gasteiger partial charge in [-0.1, -0.05) is 25.4 Å². The Kier molecular flexibility index (Phi) is 3.85. The summed E-state index contributed by atoms with van der Waals surface area (Å²) in [5.41, 5.74) is 3.33. The first-order valence-electron chi connectivity index (χ1n) is 6.58. The lowest BCUT2D eigenvalue weighted by Crippen LogP contribution is -2.33. The van der Waals surface area contributed by atoms with Crippen LogP contribution in [0, 0.1) is 17.2 Å². The SMILES string of the molecule is CC(C)Cc1nc(Cl)c(C#N)c2c1COC(C)(C)C2. The second kappa shape index (κ2) is 5.11. The zero-order valence-electron chi connectivity index (χ0n) is 11.9. The largest absolute Gasteiger partial charge is 0.370 e. The summed E-state index contributed by atoms with van der Waals surface area (Å²) in [5.74, 6) is 0.496.